The SMILES string of the molecule is CC1(C)CNCCC1Nc1cccc(Cl)c1Br. The van der Waals surface area contributed by atoms with Crippen molar-refractivity contribution >= 4 is 33.2 Å². The summed E-state index contributed by atoms with van der Waals surface area (Å²) >= 11 is 9.64. The van der Waals surface area contributed by atoms with E-state index < -0.39 is 0 Å². The van der Waals surface area contributed by atoms with Crippen molar-refractivity contribution in [3.63, 3.8) is 0 Å². The molecule has 2 N–H and O–H groups in total. The van der Waals surface area contributed by atoms with Gasteiger partial charge in [-0.2, -0.15) is 0 Å². The van der Waals surface area contributed by atoms with Gasteiger partial charge in [0.25, 0.3) is 0 Å². The van der Waals surface area contributed by atoms with Crippen molar-refractivity contribution in [2.75, 3.05) is 18.4 Å². The highest BCUT2D eigenvalue weighted by atomic mass is 79.9. The van der Waals surface area contributed by atoms with E-state index in [0.29, 0.717) is 6.04 Å². The molecule has 4 heteroatoms. The Kier molecular flexibility index (Phi) is 4.01. The molecule has 1 unspecified atom stereocenters. The lowest BCUT2D eigenvalue weighted by atomic mass is 9.80. The summed E-state index contributed by atoms with van der Waals surface area (Å²) in [5.41, 5.74) is 1.33. The molecule has 1 aliphatic rings. The van der Waals surface area contributed by atoms with Crippen molar-refractivity contribution in [1.82, 2.24) is 5.32 Å². The highest BCUT2D eigenvalue weighted by Gasteiger charge is 2.32. The van der Waals surface area contributed by atoms with Gasteiger partial charge in [-0.15, -0.1) is 0 Å². The fraction of sp³-hybridized carbons (Fsp3) is 0.538. The van der Waals surface area contributed by atoms with Gasteiger partial charge in [0.2, 0.25) is 0 Å². The number of hydrogen-bond donors (Lipinski definition) is 2. The molecule has 0 aliphatic carbocycles. The molecule has 0 amide bonds. The smallest absolute Gasteiger partial charge is 0.0593 e. The molecule has 0 bridgehead atoms. The van der Waals surface area contributed by atoms with Crippen molar-refractivity contribution in [2.24, 2.45) is 5.41 Å². The summed E-state index contributed by atoms with van der Waals surface area (Å²) in [5, 5.41) is 7.80. The molecule has 2 rings (SSSR count). The monoisotopic (exact) mass is 316 g/mol. The van der Waals surface area contributed by atoms with E-state index in [2.05, 4.69) is 46.5 Å². The topological polar surface area (TPSA) is 24.1 Å². The Bertz CT molecular complexity index is 406. The Balaban J connectivity index is 2.17. The van der Waals surface area contributed by atoms with E-state index >= 15 is 0 Å². The summed E-state index contributed by atoms with van der Waals surface area (Å²) < 4.78 is 0.955. The van der Waals surface area contributed by atoms with E-state index in [9.17, 15) is 0 Å². The highest BCUT2D eigenvalue weighted by molar-refractivity contribution is 9.10. The predicted molar refractivity (Wildman–Crippen MR) is 77.8 cm³/mol. The van der Waals surface area contributed by atoms with E-state index in [0.717, 1.165) is 34.7 Å². The second-order valence-electron chi connectivity index (χ2n) is 5.25. The van der Waals surface area contributed by atoms with Gasteiger partial charge in [0.15, 0.2) is 0 Å². The van der Waals surface area contributed by atoms with Crippen molar-refractivity contribution in [2.45, 2.75) is 26.3 Å². The molecule has 0 radical (unpaired) electrons. The van der Waals surface area contributed by atoms with Crippen LogP contribution < -0.4 is 10.6 Å². The average Bonchev–Trinajstić information content (AvgIpc) is 2.27. The molecule has 0 saturated carbocycles. The molecule has 2 nitrogen and oxygen atoms in total. The van der Waals surface area contributed by atoms with Crippen LogP contribution in [0.4, 0.5) is 5.69 Å². The summed E-state index contributed by atoms with van der Waals surface area (Å²) in [7, 11) is 0. The Hall–Kier alpha value is -0.250. The molecule has 1 heterocycles. The third-order valence-electron chi connectivity index (χ3n) is 3.42. The number of anilines is 1. The lowest BCUT2D eigenvalue weighted by molar-refractivity contribution is 0.236. The van der Waals surface area contributed by atoms with Crippen LogP contribution in [-0.2, 0) is 0 Å². The van der Waals surface area contributed by atoms with Gasteiger partial charge in [0, 0.05) is 12.6 Å². The van der Waals surface area contributed by atoms with Crippen molar-refractivity contribution in [3.8, 4) is 0 Å². The predicted octanol–water partition coefficient (Wildman–Crippen LogP) is 3.90. The number of piperidine rings is 1. The number of hydrogen-bond acceptors (Lipinski definition) is 2. The molecule has 0 spiro atoms. The summed E-state index contributed by atoms with van der Waals surface area (Å²) in [6.45, 7) is 6.69. The summed E-state index contributed by atoms with van der Waals surface area (Å²) in [5.74, 6) is 0. The maximum Gasteiger partial charge on any atom is 0.0593 e. The molecule has 94 valence electrons. The van der Waals surface area contributed by atoms with E-state index in [4.69, 9.17) is 11.6 Å². The Morgan fingerprint density at radius 3 is 2.94 bits per heavy atom. The van der Waals surface area contributed by atoms with Gasteiger partial charge < -0.3 is 10.6 Å². The summed E-state index contributed by atoms with van der Waals surface area (Å²) in [6.07, 6.45) is 1.13. The number of nitrogens with one attached hydrogen (secondary N) is 2. The van der Waals surface area contributed by atoms with E-state index in [1.165, 1.54) is 0 Å². The zero-order valence-electron chi connectivity index (χ0n) is 10.2. The number of rotatable bonds is 2. The van der Waals surface area contributed by atoms with Gasteiger partial charge in [-0.1, -0.05) is 31.5 Å². The van der Waals surface area contributed by atoms with Gasteiger partial charge in [0.1, 0.15) is 0 Å². The normalized spacial score (nSPS) is 23.4. The average molecular weight is 318 g/mol. The molecule has 17 heavy (non-hydrogen) atoms. The second-order valence-corrected chi connectivity index (χ2v) is 6.45. The van der Waals surface area contributed by atoms with Crippen LogP contribution in [0.15, 0.2) is 22.7 Å². The minimum atomic E-state index is 0.250. The van der Waals surface area contributed by atoms with Crippen LogP contribution in [0.5, 0.6) is 0 Å². The number of benzene rings is 1. The molecule has 0 aromatic heterocycles. The fourth-order valence-corrected chi connectivity index (χ4v) is 2.79. The quantitative estimate of drug-likeness (QED) is 0.864. The first kappa shape index (κ1) is 13.2. The Morgan fingerprint density at radius 1 is 1.47 bits per heavy atom. The van der Waals surface area contributed by atoms with E-state index in [1.807, 2.05) is 12.1 Å². The molecule has 1 aromatic carbocycles. The van der Waals surface area contributed by atoms with E-state index in [-0.39, 0.29) is 5.41 Å². The molecule has 1 aliphatic heterocycles. The maximum absolute atomic E-state index is 6.10. The lowest BCUT2D eigenvalue weighted by Gasteiger charge is -2.40. The van der Waals surface area contributed by atoms with Crippen LogP contribution in [-0.4, -0.2) is 19.1 Å². The van der Waals surface area contributed by atoms with Gasteiger partial charge in [-0.05, 0) is 46.4 Å². The minimum absolute atomic E-state index is 0.250. The van der Waals surface area contributed by atoms with Crippen molar-refractivity contribution in [1.29, 1.82) is 0 Å². The van der Waals surface area contributed by atoms with Gasteiger partial charge in [-0.3, -0.25) is 0 Å². The molecular formula is C13H18BrClN2. The molecule has 1 atom stereocenters. The molecule has 1 fully saturated rings. The zero-order chi connectivity index (χ0) is 12.5. The lowest BCUT2D eigenvalue weighted by Crippen LogP contribution is -2.49. The maximum atomic E-state index is 6.10. The zero-order valence-corrected chi connectivity index (χ0v) is 12.5. The molecule has 1 saturated heterocycles. The minimum Gasteiger partial charge on any atom is -0.381 e. The fourth-order valence-electron chi connectivity index (χ4n) is 2.24. The third-order valence-corrected chi connectivity index (χ3v) is 4.81. The van der Waals surface area contributed by atoms with Gasteiger partial charge in [0.05, 0.1) is 15.2 Å². The van der Waals surface area contributed by atoms with Gasteiger partial charge >= 0.3 is 0 Å². The van der Waals surface area contributed by atoms with Crippen LogP contribution in [0, 0.1) is 5.41 Å². The molecular weight excluding hydrogens is 300 g/mol. The van der Waals surface area contributed by atoms with Gasteiger partial charge in [-0.25, -0.2) is 0 Å². The standard InChI is InChI=1S/C13H18BrClN2/c1-13(2)8-16-7-6-11(13)17-10-5-3-4-9(15)12(10)14/h3-5,11,16-17H,6-8H2,1-2H3. The van der Waals surface area contributed by atoms with Crippen molar-refractivity contribution in [3.05, 3.63) is 27.7 Å². The van der Waals surface area contributed by atoms with Crippen LogP contribution in [0.1, 0.15) is 20.3 Å². The first-order valence-electron chi connectivity index (χ1n) is 5.92. The second kappa shape index (κ2) is 5.17. The summed E-state index contributed by atoms with van der Waals surface area (Å²) in [6, 6.07) is 6.40. The van der Waals surface area contributed by atoms with Crippen LogP contribution in [0.25, 0.3) is 0 Å². The Morgan fingerprint density at radius 2 is 2.24 bits per heavy atom. The highest BCUT2D eigenvalue weighted by Crippen LogP contribution is 2.34. The molecule has 1 aromatic rings. The first-order chi connectivity index (χ1) is 8.00. The van der Waals surface area contributed by atoms with Crippen molar-refractivity contribution < 1.29 is 0 Å². The van der Waals surface area contributed by atoms with Crippen LogP contribution >= 0.6 is 27.5 Å². The summed E-state index contributed by atoms with van der Waals surface area (Å²) in [4.78, 5) is 0. The Labute approximate surface area is 116 Å². The third kappa shape index (κ3) is 2.95. The van der Waals surface area contributed by atoms with E-state index in [1.54, 1.807) is 0 Å². The van der Waals surface area contributed by atoms with Crippen LogP contribution in [0.2, 0.25) is 5.02 Å². The van der Waals surface area contributed by atoms with Crippen LogP contribution in [0.3, 0.4) is 0 Å². The largest absolute Gasteiger partial charge is 0.381 e. The first-order valence-corrected chi connectivity index (χ1v) is 7.09. The number of halogens is 2.